The van der Waals surface area contributed by atoms with Crippen molar-refractivity contribution in [2.75, 3.05) is 19.6 Å². The van der Waals surface area contributed by atoms with Crippen molar-refractivity contribution in [3.8, 4) is 0 Å². The van der Waals surface area contributed by atoms with Gasteiger partial charge in [-0.1, -0.05) is 77.9 Å². The minimum absolute atomic E-state index is 0.0159. The number of aromatic amines is 1. The summed E-state index contributed by atoms with van der Waals surface area (Å²) in [6, 6.07) is 28.7. The number of piperazine rings is 1. The van der Waals surface area contributed by atoms with Crippen LogP contribution in [0.25, 0.3) is 10.9 Å². The Morgan fingerprint density at radius 1 is 0.824 bits per heavy atom. The highest BCUT2D eigenvalue weighted by atomic mass is 16.2. The van der Waals surface area contributed by atoms with E-state index in [2.05, 4.69) is 62.2 Å². The third-order valence-corrected chi connectivity index (χ3v) is 5.56. The summed E-state index contributed by atoms with van der Waals surface area (Å²) in [6.45, 7) is 8.36. The van der Waals surface area contributed by atoms with Crippen LogP contribution in [0.4, 0.5) is 0 Å². The molecule has 0 bridgehead atoms. The predicted molar refractivity (Wildman–Crippen MR) is 138 cm³/mol. The zero-order chi connectivity index (χ0) is 24.3. The van der Waals surface area contributed by atoms with Gasteiger partial charge in [0.15, 0.2) is 0 Å². The van der Waals surface area contributed by atoms with Crippen LogP contribution in [0.2, 0.25) is 0 Å². The van der Waals surface area contributed by atoms with Crippen molar-refractivity contribution >= 4 is 23.2 Å². The molecule has 0 radical (unpaired) electrons. The Kier molecular flexibility index (Phi) is 9.04. The summed E-state index contributed by atoms with van der Waals surface area (Å²) in [5.41, 5.74) is 6.22. The maximum Gasteiger partial charge on any atom is 0.242 e. The quantitative estimate of drug-likeness (QED) is 0.428. The van der Waals surface area contributed by atoms with Crippen LogP contribution in [0.5, 0.6) is 0 Å². The van der Waals surface area contributed by atoms with E-state index in [1.165, 1.54) is 32.6 Å². The molecule has 1 saturated heterocycles. The van der Waals surface area contributed by atoms with Crippen molar-refractivity contribution in [1.82, 2.24) is 14.8 Å². The summed E-state index contributed by atoms with van der Waals surface area (Å²) in [7, 11) is 0. The van der Waals surface area contributed by atoms with Crippen molar-refractivity contribution in [2.24, 2.45) is 0 Å². The van der Waals surface area contributed by atoms with Crippen LogP contribution in [-0.4, -0.2) is 46.7 Å². The summed E-state index contributed by atoms with van der Waals surface area (Å²) in [5.74, 6) is 0.0159. The minimum Gasteiger partial charge on any atom is -0.359 e. The van der Waals surface area contributed by atoms with Gasteiger partial charge in [-0.05, 0) is 49.9 Å². The summed E-state index contributed by atoms with van der Waals surface area (Å²) in [4.78, 5) is 28.8. The van der Waals surface area contributed by atoms with E-state index in [1.54, 1.807) is 4.90 Å². The monoisotopic (exact) mass is 455 g/mol. The second kappa shape index (κ2) is 12.4. The topological polar surface area (TPSA) is 56.4 Å². The number of H-pyrrole nitrogens is 1. The molecule has 2 amide bonds. The highest BCUT2D eigenvalue weighted by Crippen LogP contribution is 2.15. The molecule has 176 valence electrons. The molecule has 1 aliphatic heterocycles. The first kappa shape index (κ1) is 24.8. The third-order valence-electron chi connectivity index (χ3n) is 5.56. The number of amides is 2. The van der Waals surface area contributed by atoms with Gasteiger partial charge >= 0.3 is 0 Å². The Morgan fingerprint density at radius 2 is 1.50 bits per heavy atom. The standard InChI is InChI=1S/C12H14N2O2.C10H11N.C7H8/c15-10-13-6-7-14(12(16)9-13)8-11-4-2-1-3-5-11;1-7-3-4-10-9(5-7)6-8(2)11-10;1-7-5-3-2-4-6-7/h1-5,10H,6-9H2;3-6,11H,1-2H3;2-6H,1H3. The van der Waals surface area contributed by atoms with Crippen LogP contribution in [0.1, 0.15) is 22.4 Å². The van der Waals surface area contributed by atoms with Gasteiger partial charge in [0, 0.05) is 30.8 Å². The molecule has 0 atom stereocenters. The van der Waals surface area contributed by atoms with E-state index < -0.39 is 0 Å². The molecule has 0 unspecified atom stereocenters. The number of nitrogens with one attached hydrogen (secondary N) is 1. The maximum absolute atomic E-state index is 11.7. The minimum atomic E-state index is 0.0159. The fraction of sp³-hybridized carbons (Fsp3) is 0.241. The van der Waals surface area contributed by atoms with Crippen LogP contribution in [0.15, 0.2) is 84.9 Å². The normalized spacial score (nSPS) is 13.0. The molecule has 1 fully saturated rings. The van der Waals surface area contributed by atoms with Crippen molar-refractivity contribution in [3.05, 3.63) is 107 Å². The third kappa shape index (κ3) is 7.62. The SMILES string of the molecule is Cc1ccc2[nH]c(C)cc2c1.Cc1ccccc1.O=CN1CCN(Cc2ccccc2)C(=O)C1. The first-order valence-corrected chi connectivity index (χ1v) is 11.5. The van der Waals surface area contributed by atoms with Crippen LogP contribution in [-0.2, 0) is 16.1 Å². The Hall–Kier alpha value is -3.86. The Morgan fingerprint density at radius 3 is 2.09 bits per heavy atom. The van der Waals surface area contributed by atoms with E-state index in [0.29, 0.717) is 19.6 Å². The molecule has 0 spiro atoms. The lowest BCUT2D eigenvalue weighted by Crippen LogP contribution is -2.49. The van der Waals surface area contributed by atoms with E-state index in [1.807, 2.05) is 48.5 Å². The molecule has 5 heteroatoms. The van der Waals surface area contributed by atoms with E-state index in [4.69, 9.17) is 0 Å². The van der Waals surface area contributed by atoms with Crippen LogP contribution < -0.4 is 0 Å². The Balaban J connectivity index is 0.000000155. The molecule has 34 heavy (non-hydrogen) atoms. The van der Waals surface area contributed by atoms with Crippen LogP contribution >= 0.6 is 0 Å². The Labute approximate surface area is 202 Å². The number of aromatic nitrogens is 1. The number of fused-ring (bicyclic) bond motifs is 1. The largest absolute Gasteiger partial charge is 0.359 e. The predicted octanol–water partition coefficient (Wildman–Crippen LogP) is 5.27. The number of aryl methyl sites for hydroxylation is 3. The second-order valence-corrected chi connectivity index (χ2v) is 8.57. The highest BCUT2D eigenvalue weighted by molar-refractivity contribution is 5.81. The van der Waals surface area contributed by atoms with Crippen LogP contribution in [0.3, 0.4) is 0 Å². The first-order chi connectivity index (χ1) is 16.4. The van der Waals surface area contributed by atoms with Gasteiger partial charge in [-0.25, -0.2) is 0 Å². The number of hydrogen-bond donors (Lipinski definition) is 1. The fourth-order valence-corrected chi connectivity index (χ4v) is 3.72. The van der Waals surface area contributed by atoms with Gasteiger partial charge in [0.25, 0.3) is 0 Å². The number of rotatable bonds is 3. The summed E-state index contributed by atoms with van der Waals surface area (Å²) in [5, 5.41) is 1.31. The van der Waals surface area contributed by atoms with Gasteiger partial charge in [-0.3, -0.25) is 9.59 Å². The molecule has 2 heterocycles. The number of carbonyl (C=O) groups is 2. The molecule has 1 N–H and O–H groups in total. The summed E-state index contributed by atoms with van der Waals surface area (Å²) < 4.78 is 0. The molecule has 5 rings (SSSR count). The average molecular weight is 456 g/mol. The number of hydrogen-bond acceptors (Lipinski definition) is 2. The molecule has 5 nitrogen and oxygen atoms in total. The zero-order valence-electron chi connectivity index (χ0n) is 20.2. The second-order valence-electron chi connectivity index (χ2n) is 8.57. The van der Waals surface area contributed by atoms with E-state index in [0.717, 1.165) is 12.0 Å². The number of benzene rings is 3. The molecule has 4 aromatic rings. The van der Waals surface area contributed by atoms with Gasteiger partial charge in [-0.2, -0.15) is 0 Å². The van der Waals surface area contributed by atoms with Crippen molar-refractivity contribution in [2.45, 2.75) is 27.3 Å². The molecule has 1 aliphatic rings. The smallest absolute Gasteiger partial charge is 0.242 e. The van der Waals surface area contributed by atoms with E-state index in [9.17, 15) is 9.59 Å². The van der Waals surface area contributed by atoms with Gasteiger partial charge in [-0.15, -0.1) is 0 Å². The number of nitrogens with zero attached hydrogens (tertiary/aromatic N) is 2. The van der Waals surface area contributed by atoms with Crippen molar-refractivity contribution < 1.29 is 9.59 Å². The maximum atomic E-state index is 11.7. The van der Waals surface area contributed by atoms with Crippen molar-refractivity contribution in [1.29, 1.82) is 0 Å². The van der Waals surface area contributed by atoms with Gasteiger partial charge < -0.3 is 14.8 Å². The van der Waals surface area contributed by atoms with Crippen LogP contribution in [0, 0.1) is 20.8 Å². The Bertz CT molecular complexity index is 1190. The molecule has 3 aromatic carbocycles. The molecule has 1 aromatic heterocycles. The lowest BCUT2D eigenvalue weighted by atomic mass is 10.2. The molecule has 0 aliphatic carbocycles. The molecule has 0 saturated carbocycles. The van der Waals surface area contributed by atoms with E-state index in [-0.39, 0.29) is 12.5 Å². The highest BCUT2D eigenvalue weighted by Gasteiger charge is 2.22. The van der Waals surface area contributed by atoms with Crippen molar-refractivity contribution in [3.63, 3.8) is 0 Å². The average Bonchev–Trinajstić information content (AvgIpc) is 3.21. The lowest BCUT2D eigenvalue weighted by molar-refractivity contribution is -0.140. The molecular formula is C29H33N3O2. The van der Waals surface area contributed by atoms with E-state index >= 15 is 0 Å². The zero-order valence-corrected chi connectivity index (χ0v) is 20.2. The first-order valence-electron chi connectivity index (χ1n) is 11.5. The van der Waals surface area contributed by atoms with Gasteiger partial charge in [0.2, 0.25) is 12.3 Å². The van der Waals surface area contributed by atoms with Gasteiger partial charge in [0.1, 0.15) is 0 Å². The molecular weight excluding hydrogens is 422 g/mol. The fourth-order valence-electron chi connectivity index (χ4n) is 3.72. The number of carbonyl (C=O) groups excluding carboxylic acids is 2. The lowest BCUT2D eigenvalue weighted by Gasteiger charge is -2.32. The summed E-state index contributed by atoms with van der Waals surface area (Å²) in [6.07, 6.45) is 0.734. The van der Waals surface area contributed by atoms with Gasteiger partial charge in [0.05, 0.1) is 6.54 Å². The summed E-state index contributed by atoms with van der Waals surface area (Å²) >= 11 is 0.